The molecule has 7 heteroatoms. The zero-order chi connectivity index (χ0) is 13.1. The van der Waals surface area contributed by atoms with Gasteiger partial charge in [-0.2, -0.15) is 0 Å². The molecule has 0 amide bonds. The highest BCUT2D eigenvalue weighted by molar-refractivity contribution is 7.54. The lowest BCUT2D eigenvalue weighted by molar-refractivity contribution is -0.148. The van der Waals surface area contributed by atoms with Gasteiger partial charge in [-0.15, -0.1) is 0 Å². The molecule has 0 fully saturated rings. The average Bonchev–Trinajstić information content (AvgIpc) is 2.25. The largest absolute Gasteiger partial charge is 0.459 e. The summed E-state index contributed by atoms with van der Waals surface area (Å²) in [6.07, 6.45) is 0. The van der Waals surface area contributed by atoms with Crippen LogP contribution in [0.5, 0.6) is 0 Å². The summed E-state index contributed by atoms with van der Waals surface area (Å²) in [6.45, 7) is 0.869. The predicted octanol–water partition coefficient (Wildman–Crippen LogP) is 0.582. The predicted molar refractivity (Wildman–Crippen MR) is 60.9 cm³/mol. The van der Waals surface area contributed by atoms with Crippen molar-refractivity contribution in [3.63, 3.8) is 0 Å². The lowest BCUT2D eigenvalue weighted by Crippen LogP contribution is -2.45. The molecule has 1 aromatic rings. The number of benzene rings is 1. The first-order chi connectivity index (χ1) is 7.75. The summed E-state index contributed by atoms with van der Waals surface area (Å²) >= 11 is 0. The van der Waals surface area contributed by atoms with E-state index in [9.17, 15) is 9.36 Å². The van der Waals surface area contributed by atoms with Gasteiger partial charge in [-0.25, -0.2) is 4.79 Å². The third-order valence-electron chi connectivity index (χ3n) is 2.23. The number of rotatable bonds is 4. The maximum Gasteiger partial charge on any atom is 0.356 e. The van der Waals surface area contributed by atoms with Gasteiger partial charge >= 0.3 is 13.6 Å². The van der Waals surface area contributed by atoms with Crippen molar-refractivity contribution in [1.29, 1.82) is 0 Å². The van der Waals surface area contributed by atoms with E-state index >= 15 is 0 Å². The SMILES string of the molecule is CC(N)(C(=O)OCc1ccccc1)P(=O)(O)O. The van der Waals surface area contributed by atoms with E-state index in [-0.39, 0.29) is 6.61 Å². The van der Waals surface area contributed by atoms with Crippen molar-refractivity contribution in [1.82, 2.24) is 0 Å². The number of nitrogens with two attached hydrogens (primary N) is 1. The highest BCUT2D eigenvalue weighted by Gasteiger charge is 2.47. The Morgan fingerprint density at radius 3 is 2.41 bits per heavy atom. The Morgan fingerprint density at radius 2 is 1.94 bits per heavy atom. The van der Waals surface area contributed by atoms with Gasteiger partial charge in [-0.1, -0.05) is 30.3 Å². The zero-order valence-corrected chi connectivity index (χ0v) is 10.1. The Kier molecular flexibility index (Phi) is 4.06. The zero-order valence-electron chi connectivity index (χ0n) is 9.24. The summed E-state index contributed by atoms with van der Waals surface area (Å²) in [5.74, 6) is -1.13. The van der Waals surface area contributed by atoms with E-state index in [2.05, 4.69) is 0 Å². The molecule has 1 aromatic carbocycles. The highest BCUT2D eigenvalue weighted by Crippen LogP contribution is 2.47. The van der Waals surface area contributed by atoms with E-state index in [1.165, 1.54) is 0 Å². The fourth-order valence-electron chi connectivity index (χ4n) is 0.988. The van der Waals surface area contributed by atoms with Gasteiger partial charge in [0.15, 0.2) is 0 Å². The van der Waals surface area contributed by atoms with Crippen LogP contribution in [-0.2, 0) is 20.7 Å². The first kappa shape index (κ1) is 13.9. The summed E-state index contributed by atoms with van der Waals surface area (Å²) < 4.78 is 15.7. The van der Waals surface area contributed by atoms with E-state index in [0.29, 0.717) is 5.56 Å². The Morgan fingerprint density at radius 1 is 1.41 bits per heavy atom. The minimum absolute atomic E-state index is 0.0769. The van der Waals surface area contributed by atoms with Crippen molar-refractivity contribution in [3.8, 4) is 0 Å². The maximum absolute atomic E-state index is 11.4. The van der Waals surface area contributed by atoms with Crippen LogP contribution >= 0.6 is 7.60 Å². The van der Waals surface area contributed by atoms with Gasteiger partial charge in [0.05, 0.1) is 0 Å². The molecule has 4 N–H and O–H groups in total. The maximum atomic E-state index is 11.4. The lowest BCUT2D eigenvalue weighted by atomic mass is 10.2. The molecule has 0 aromatic heterocycles. The molecule has 0 saturated carbocycles. The average molecular weight is 259 g/mol. The van der Waals surface area contributed by atoms with Gasteiger partial charge in [0.2, 0.25) is 5.28 Å². The third-order valence-corrected chi connectivity index (χ3v) is 3.62. The standard InChI is InChI=1S/C10H14NO5P/c1-10(11,17(13,14)15)9(12)16-7-8-5-3-2-4-6-8/h2-6H,7,11H2,1H3,(H2,13,14,15). The van der Waals surface area contributed by atoms with E-state index in [1.54, 1.807) is 30.3 Å². The lowest BCUT2D eigenvalue weighted by Gasteiger charge is -2.23. The first-order valence-electron chi connectivity index (χ1n) is 4.81. The smallest absolute Gasteiger partial charge is 0.356 e. The molecule has 1 rings (SSSR count). The molecule has 0 aliphatic rings. The third kappa shape index (κ3) is 3.38. The summed E-state index contributed by atoms with van der Waals surface area (Å²) in [5.41, 5.74) is 5.97. The number of ether oxygens (including phenoxy) is 1. The molecular weight excluding hydrogens is 245 g/mol. The minimum atomic E-state index is -4.74. The molecule has 94 valence electrons. The molecule has 0 bridgehead atoms. The van der Waals surface area contributed by atoms with Crippen LogP contribution in [-0.4, -0.2) is 21.0 Å². The molecule has 1 atom stereocenters. The van der Waals surface area contributed by atoms with Crippen LogP contribution in [0.3, 0.4) is 0 Å². The van der Waals surface area contributed by atoms with Crippen LogP contribution in [0.15, 0.2) is 30.3 Å². The molecule has 0 aliphatic heterocycles. The Balaban J connectivity index is 2.66. The van der Waals surface area contributed by atoms with Gasteiger partial charge in [0.1, 0.15) is 6.61 Å². The van der Waals surface area contributed by atoms with Crippen molar-refractivity contribution in [2.75, 3.05) is 0 Å². The second-order valence-corrected chi connectivity index (χ2v) is 5.77. The van der Waals surface area contributed by atoms with E-state index in [4.69, 9.17) is 20.3 Å². The quantitative estimate of drug-likeness (QED) is 0.539. The fourth-order valence-corrected chi connectivity index (χ4v) is 1.29. The number of hydrogen-bond acceptors (Lipinski definition) is 4. The van der Waals surface area contributed by atoms with E-state index in [0.717, 1.165) is 6.92 Å². The van der Waals surface area contributed by atoms with Crippen LogP contribution < -0.4 is 5.73 Å². The van der Waals surface area contributed by atoms with Gasteiger partial charge in [0, 0.05) is 0 Å². The van der Waals surface area contributed by atoms with Crippen molar-refractivity contribution in [2.24, 2.45) is 5.73 Å². The number of esters is 1. The molecule has 6 nitrogen and oxygen atoms in total. The number of hydrogen-bond donors (Lipinski definition) is 3. The van der Waals surface area contributed by atoms with Crippen molar-refractivity contribution >= 4 is 13.6 Å². The molecular formula is C10H14NO5P. The summed E-state index contributed by atoms with van der Waals surface area (Å²) in [7, 11) is -4.74. The molecule has 0 spiro atoms. The van der Waals surface area contributed by atoms with E-state index < -0.39 is 18.8 Å². The Hall–Kier alpha value is -1.20. The summed E-state index contributed by atoms with van der Waals surface area (Å²) in [6, 6.07) is 8.76. The van der Waals surface area contributed by atoms with Crippen LogP contribution in [0.1, 0.15) is 12.5 Å². The number of carbonyl (C=O) groups is 1. The first-order valence-corrected chi connectivity index (χ1v) is 6.42. The van der Waals surface area contributed by atoms with Crippen LogP contribution in [0.4, 0.5) is 0 Å². The van der Waals surface area contributed by atoms with Gasteiger partial charge in [-0.05, 0) is 12.5 Å². The molecule has 0 radical (unpaired) electrons. The Labute approximate surface area is 98.6 Å². The van der Waals surface area contributed by atoms with Crippen LogP contribution in [0.25, 0.3) is 0 Å². The molecule has 17 heavy (non-hydrogen) atoms. The summed E-state index contributed by atoms with van der Waals surface area (Å²) in [5, 5.41) is -2.32. The van der Waals surface area contributed by atoms with Crippen molar-refractivity contribution in [2.45, 2.75) is 18.8 Å². The second kappa shape index (κ2) is 4.98. The van der Waals surface area contributed by atoms with Gasteiger partial charge < -0.3 is 20.3 Å². The molecule has 0 saturated heterocycles. The van der Waals surface area contributed by atoms with Crippen molar-refractivity contribution in [3.05, 3.63) is 35.9 Å². The normalized spacial score (nSPS) is 15.1. The van der Waals surface area contributed by atoms with Crippen LogP contribution in [0, 0.1) is 0 Å². The fraction of sp³-hybridized carbons (Fsp3) is 0.300. The Bertz CT molecular complexity index is 439. The molecule has 1 unspecified atom stereocenters. The topological polar surface area (TPSA) is 110 Å². The summed E-state index contributed by atoms with van der Waals surface area (Å²) in [4.78, 5) is 29.2. The monoisotopic (exact) mass is 259 g/mol. The minimum Gasteiger partial charge on any atom is -0.459 e. The number of carbonyl (C=O) groups excluding carboxylic acids is 1. The molecule has 0 heterocycles. The molecule has 0 aliphatic carbocycles. The van der Waals surface area contributed by atoms with E-state index in [1.807, 2.05) is 0 Å². The van der Waals surface area contributed by atoms with Gasteiger partial charge in [-0.3, -0.25) is 4.57 Å². The second-order valence-electron chi connectivity index (χ2n) is 3.75. The van der Waals surface area contributed by atoms with Gasteiger partial charge in [0.25, 0.3) is 0 Å². The van der Waals surface area contributed by atoms with Crippen LogP contribution in [0.2, 0.25) is 0 Å². The van der Waals surface area contributed by atoms with Crippen molar-refractivity contribution < 1.29 is 23.9 Å². The highest BCUT2D eigenvalue weighted by atomic mass is 31.2.